The van der Waals surface area contributed by atoms with Gasteiger partial charge in [-0.1, -0.05) is 35.3 Å². The lowest BCUT2D eigenvalue weighted by molar-refractivity contribution is -0.383. The molecule has 0 bridgehead atoms. The van der Waals surface area contributed by atoms with Crippen LogP contribution < -0.4 is 5.32 Å². The third kappa shape index (κ3) is 3.73. The Morgan fingerprint density at radius 3 is 2.26 bits per heavy atom. The van der Waals surface area contributed by atoms with Gasteiger partial charge in [-0.2, -0.15) is 5.26 Å². The molecule has 0 amide bonds. The van der Waals surface area contributed by atoms with E-state index in [0.29, 0.717) is 5.69 Å². The smallest absolute Gasteiger partial charge is 0.294 e. The number of anilines is 2. The first-order valence-corrected chi connectivity index (χ1v) is 7.42. The zero-order valence-corrected chi connectivity index (χ0v) is 13.9. The van der Waals surface area contributed by atoms with E-state index in [4.69, 9.17) is 28.5 Å². The Balaban J connectivity index is 2.35. The number of benzene rings is 2. The summed E-state index contributed by atoms with van der Waals surface area (Å²) in [5, 5.41) is 23.6. The van der Waals surface area contributed by atoms with Gasteiger partial charge >= 0.3 is 0 Å². The molecule has 0 saturated heterocycles. The van der Waals surface area contributed by atoms with Gasteiger partial charge in [-0.05, 0) is 37.6 Å². The number of nitro groups is 1. The van der Waals surface area contributed by atoms with E-state index >= 15 is 0 Å². The fourth-order valence-electron chi connectivity index (χ4n) is 1.98. The van der Waals surface area contributed by atoms with Crippen molar-refractivity contribution in [1.82, 2.24) is 0 Å². The second-order valence-electron chi connectivity index (χ2n) is 5.48. The van der Waals surface area contributed by atoms with Crippen molar-refractivity contribution in [2.24, 2.45) is 0 Å². The van der Waals surface area contributed by atoms with Crippen LogP contribution in [0.25, 0.3) is 0 Å². The minimum Gasteiger partial charge on any atom is -0.350 e. The van der Waals surface area contributed by atoms with Gasteiger partial charge in [-0.15, -0.1) is 0 Å². The topological polar surface area (TPSA) is 79.0 Å². The number of hydrogen-bond donors (Lipinski definition) is 1. The average molecular weight is 350 g/mol. The fraction of sp³-hybridized carbons (Fsp3) is 0.188. The summed E-state index contributed by atoms with van der Waals surface area (Å²) >= 11 is 11.8. The number of nitro benzene ring substituents is 1. The third-order valence-electron chi connectivity index (χ3n) is 3.40. The van der Waals surface area contributed by atoms with E-state index in [2.05, 4.69) is 11.4 Å². The first kappa shape index (κ1) is 17.1. The van der Waals surface area contributed by atoms with Crippen LogP contribution in [-0.4, -0.2) is 4.92 Å². The molecule has 23 heavy (non-hydrogen) atoms. The van der Waals surface area contributed by atoms with Crippen LogP contribution in [0.5, 0.6) is 0 Å². The predicted molar refractivity (Wildman–Crippen MR) is 91.5 cm³/mol. The molecule has 0 saturated carbocycles. The molecule has 0 radical (unpaired) electrons. The highest BCUT2D eigenvalue weighted by atomic mass is 35.5. The molecular weight excluding hydrogens is 337 g/mol. The summed E-state index contributed by atoms with van der Waals surface area (Å²) < 4.78 is 0. The van der Waals surface area contributed by atoms with Gasteiger partial charge in [0, 0.05) is 11.8 Å². The largest absolute Gasteiger partial charge is 0.350 e. The lowest BCUT2D eigenvalue weighted by atomic mass is 9.86. The molecule has 2 aromatic carbocycles. The molecular formula is C16H13Cl2N3O2. The van der Waals surface area contributed by atoms with Gasteiger partial charge in [0.15, 0.2) is 0 Å². The highest BCUT2D eigenvalue weighted by Crippen LogP contribution is 2.36. The quantitative estimate of drug-likeness (QED) is 0.588. The Labute approximate surface area is 143 Å². The standard InChI is InChI=1S/C16H13Cl2N3O2/c1-16(2,9-19)10-3-5-11(6-4-10)20-14-7-12(17)13(18)8-15(14)21(22)23/h3-8,20H,1-2H3. The lowest BCUT2D eigenvalue weighted by Gasteiger charge is -2.16. The second kappa shape index (κ2) is 6.45. The van der Waals surface area contributed by atoms with E-state index in [1.54, 1.807) is 24.3 Å². The average Bonchev–Trinajstić information content (AvgIpc) is 2.51. The number of nitriles is 1. The van der Waals surface area contributed by atoms with E-state index in [1.807, 2.05) is 13.8 Å². The molecule has 0 unspecified atom stereocenters. The molecule has 1 N–H and O–H groups in total. The molecule has 2 rings (SSSR count). The van der Waals surface area contributed by atoms with Crippen molar-refractivity contribution < 1.29 is 4.92 Å². The van der Waals surface area contributed by atoms with Crippen molar-refractivity contribution in [1.29, 1.82) is 5.26 Å². The summed E-state index contributed by atoms with van der Waals surface area (Å²) in [6.45, 7) is 3.64. The zero-order valence-electron chi connectivity index (χ0n) is 12.4. The summed E-state index contributed by atoms with van der Waals surface area (Å²) in [5.41, 5.74) is 0.976. The molecule has 0 aromatic heterocycles. The van der Waals surface area contributed by atoms with Crippen molar-refractivity contribution in [3.8, 4) is 6.07 Å². The molecule has 5 nitrogen and oxygen atoms in total. The highest BCUT2D eigenvalue weighted by Gasteiger charge is 2.20. The normalized spacial score (nSPS) is 10.9. The first-order valence-electron chi connectivity index (χ1n) is 6.67. The maximum Gasteiger partial charge on any atom is 0.294 e. The van der Waals surface area contributed by atoms with Crippen molar-refractivity contribution in [3.05, 3.63) is 62.1 Å². The predicted octanol–water partition coefficient (Wildman–Crippen LogP) is 5.45. The van der Waals surface area contributed by atoms with Crippen molar-refractivity contribution in [3.63, 3.8) is 0 Å². The molecule has 7 heteroatoms. The Bertz CT molecular complexity index is 796. The summed E-state index contributed by atoms with van der Waals surface area (Å²) in [6.07, 6.45) is 0. The SMILES string of the molecule is CC(C)(C#N)c1ccc(Nc2cc(Cl)c(Cl)cc2[N+](=O)[O-])cc1. The number of rotatable bonds is 4. The van der Waals surface area contributed by atoms with Crippen LogP contribution in [0, 0.1) is 21.4 Å². The molecule has 0 fully saturated rings. The van der Waals surface area contributed by atoms with E-state index in [-0.39, 0.29) is 21.4 Å². The van der Waals surface area contributed by atoms with E-state index in [1.165, 1.54) is 12.1 Å². The molecule has 0 heterocycles. The minimum atomic E-state index is -0.603. The molecule has 118 valence electrons. The molecule has 0 aliphatic heterocycles. The van der Waals surface area contributed by atoms with Crippen LogP contribution in [0.3, 0.4) is 0 Å². The maximum absolute atomic E-state index is 11.1. The summed E-state index contributed by atoms with van der Waals surface area (Å²) in [6, 6.07) is 11.9. The minimum absolute atomic E-state index is 0.120. The van der Waals surface area contributed by atoms with E-state index in [0.717, 1.165) is 5.56 Å². The molecule has 0 spiro atoms. The van der Waals surface area contributed by atoms with Crippen LogP contribution in [0.2, 0.25) is 10.0 Å². The van der Waals surface area contributed by atoms with Crippen LogP contribution >= 0.6 is 23.2 Å². The second-order valence-corrected chi connectivity index (χ2v) is 6.29. The maximum atomic E-state index is 11.1. The van der Waals surface area contributed by atoms with Gasteiger partial charge < -0.3 is 5.32 Å². The summed E-state index contributed by atoms with van der Waals surface area (Å²) in [4.78, 5) is 10.6. The summed E-state index contributed by atoms with van der Waals surface area (Å²) in [7, 11) is 0. The Morgan fingerprint density at radius 2 is 1.74 bits per heavy atom. The van der Waals surface area contributed by atoms with Gasteiger partial charge in [0.1, 0.15) is 5.69 Å². The monoisotopic (exact) mass is 349 g/mol. The van der Waals surface area contributed by atoms with Gasteiger partial charge in [0.2, 0.25) is 0 Å². The van der Waals surface area contributed by atoms with Crippen LogP contribution in [0.15, 0.2) is 36.4 Å². The number of nitrogens with one attached hydrogen (secondary N) is 1. The third-order valence-corrected chi connectivity index (χ3v) is 4.12. The van der Waals surface area contributed by atoms with Crippen LogP contribution in [0.4, 0.5) is 17.1 Å². The van der Waals surface area contributed by atoms with Crippen molar-refractivity contribution >= 4 is 40.3 Å². The number of halogens is 2. The molecule has 0 aliphatic carbocycles. The van der Waals surface area contributed by atoms with Gasteiger partial charge in [-0.3, -0.25) is 10.1 Å². The highest BCUT2D eigenvalue weighted by molar-refractivity contribution is 6.42. The van der Waals surface area contributed by atoms with Gasteiger partial charge in [0.05, 0.1) is 26.5 Å². The van der Waals surface area contributed by atoms with Crippen molar-refractivity contribution in [2.45, 2.75) is 19.3 Å². The fourth-order valence-corrected chi connectivity index (χ4v) is 2.30. The molecule has 0 atom stereocenters. The van der Waals surface area contributed by atoms with Gasteiger partial charge in [-0.25, -0.2) is 0 Å². The van der Waals surface area contributed by atoms with Gasteiger partial charge in [0.25, 0.3) is 5.69 Å². The first-order chi connectivity index (χ1) is 10.7. The van der Waals surface area contributed by atoms with E-state index < -0.39 is 10.3 Å². The lowest BCUT2D eigenvalue weighted by Crippen LogP contribution is -2.13. The molecule has 0 aliphatic rings. The zero-order chi connectivity index (χ0) is 17.2. The summed E-state index contributed by atoms with van der Waals surface area (Å²) in [5.74, 6) is 0. The Kier molecular flexibility index (Phi) is 4.79. The molecule has 2 aromatic rings. The Hall–Kier alpha value is -2.29. The Morgan fingerprint density at radius 1 is 1.17 bits per heavy atom. The van der Waals surface area contributed by atoms with E-state index in [9.17, 15) is 10.1 Å². The van der Waals surface area contributed by atoms with Crippen LogP contribution in [-0.2, 0) is 5.41 Å². The van der Waals surface area contributed by atoms with Crippen LogP contribution in [0.1, 0.15) is 19.4 Å². The number of nitrogens with zero attached hydrogens (tertiary/aromatic N) is 2. The van der Waals surface area contributed by atoms with Crippen molar-refractivity contribution in [2.75, 3.05) is 5.32 Å². The number of hydrogen-bond acceptors (Lipinski definition) is 4.